The first-order valence-electron chi connectivity index (χ1n) is 7.86. The lowest BCUT2D eigenvalue weighted by Crippen LogP contribution is -2.25. The van der Waals surface area contributed by atoms with Crippen LogP contribution in [-0.4, -0.2) is 37.6 Å². The number of halogens is 1. The molecule has 1 aromatic rings. The van der Waals surface area contributed by atoms with Crippen LogP contribution in [0.2, 0.25) is 5.02 Å². The van der Waals surface area contributed by atoms with Crippen molar-refractivity contribution in [2.24, 2.45) is 0 Å². The second-order valence-electron chi connectivity index (χ2n) is 5.65. The summed E-state index contributed by atoms with van der Waals surface area (Å²) in [6.45, 7) is 6.71. The summed E-state index contributed by atoms with van der Waals surface area (Å²) in [5.41, 5.74) is 0.792. The molecule has 0 aliphatic carbocycles. The first-order chi connectivity index (χ1) is 10.9. The lowest BCUT2D eigenvalue weighted by atomic mass is 10.1. The number of rotatable bonds is 8. The van der Waals surface area contributed by atoms with Gasteiger partial charge in [-0.05, 0) is 44.0 Å². The largest absolute Gasteiger partial charge is 0.493 e. The average Bonchev–Trinajstić information content (AvgIpc) is 2.51. The Balaban J connectivity index is 2.91. The van der Waals surface area contributed by atoms with Crippen LogP contribution in [-0.2, 0) is 4.79 Å². The van der Waals surface area contributed by atoms with Gasteiger partial charge in [-0.3, -0.25) is 4.79 Å². The Morgan fingerprint density at radius 3 is 2.65 bits per heavy atom. The van der Waals surface area contributed by atoms with Gasteiger partial charge in [-0.15, -0.1) is 0 Å². The fourth-order valence-electron chi connectivity index (χ4n) is 1.99. The van der Waals surface area contributed by atoms with Gasteiger partial charge in [0, 0.05) is 19.7 Å². The van der Waals surface area contributed by atoms with Gasteiger partial charge in [0.2, 0.25) is 5.91 Å². The Labute approximate surface area is 144 Å². The molecule has 1 rings (SSSR count). The molecule has 0 bridgehead atoms. The number of hydrogen-bond donors (Lipinski definition) is 0. The summed E-state index contributed by atoms with van der Waals surface area (Å²) in [4.78, 5) is 13.7. The molecule has 0 aliphatic heterocycles. The van der Waals surface area contributed by atoms with Crippen LogP contribution in [0, 0.1) is 0 Å². The maximum atomic E-state index is 12.0. The number of nitrogens with zero attached hydrogens (tertiary/aromatic N) is 1. The summed E-state index contributed by atoms with van der Waals surface area (Å²) < 4.78 is 11.0. The van der Waals surface area contributed by atoms with Gasteiger partial charge < -0.3 is 14.4 Å². The number of methoxy groups -OCH3 is 1. The molecule has 5 heteroatoms. The quantitative estimate of drug-likeness (QED) is 0.658. The second kappa shape index (κ2) is 9.46. The maximum Gasteiger partial charge on any atom is 0.246 e. The minimum Gasteiger partial charge on any atom is -0.493 e. The molecule has 1 amide bonds. The van der Waals surface area contributed by atoms with Crippen molar-refractivity contribution < 1.29 is 14.3 Å². The molecule has 0 fully saturated rings. The predicted octanol–water partition coefficient (Wildman–Crippen LogP) is 4.41. The third-order valence-corrected chi connectivity index (χ3v) is 3.53. The van der Waals surface area contributed by atoms with E-state index in [0.717, 1.165) is 24.9 Å². The fourth-order valence-corrected chi connectivity index (χ4v) is 2.25. The predicted molar refractivity (Wildman–Crippen MR) is 95.3 cm³/mol. The molecule has 0 aliphatic rings. The van der Waals surface area contributed by atoms with Gasteiger partial charge in [-0.25, -0.2) is 0 Å². The van der Waals surface area contributed by atoms with Crippen LogP contribution < -0.4 is 9.47 Å². The molecule has 128 valence electrons. The van der Waals surface area contributed by atoms with Gasteiger partial charge in [-0.2, -0.15) is 0 Å². The molecule has 0 saturated carbocycles. The molecule has 0 atom stereocenters. The van der Waals surface area contributed by atoms with Gasteiger partial charge >= 0.3 is 0 Å². The van der Waals surface area contributed by atoms with Gasteiger partial charge in [0.1, 0.15) is 0 Å². The van der Waals surface area contributed by atoms with Crippen molar-refractivity contribution in [3.8, 4) is 11.5 Å². The summed E-state index contributed by atoms with van der Waals surface area (Å²) in [5, 5.41) is 0.462. The van der Waals surface area contributed by atoms with Gasteiger partial charge in [0.05, 0.1) is 18.2 Å². The first kappa shape index (κ1) is 19.4. The molecule has 0 saturated heterocycles. The number of amides is 1. The van der Waals surface area contributed by atoms with Crippen LogP contribution in [0.4, 0.5) is 0 Å². The number of carbonyl (C=O) groups is 1. The van der Waals surface area contributed by atoms with E-state index in [9.17, 15) is 4.79 Å². The van der Waals surface area contributed by atoms with Crippen LogP contribution in [0.5, 0.6) is 11.5 Å². The number of benzene rings is 1. The monoisotopic (exact) mass is 339 g/mol. The second-order valence-corrected chi connectivity index (χ2v) is 6.05. The van der Waals surface area contributed by atoms with E-state index < -0.39 is 0 Å². The van der Waals surface area contributed by atoms with E-state index in [-0.39, 0.29) is 12.0 Å². The highest BCUT2D eigenvalue weighted by Gasteiger charge is 2.13. The number of ether oxygens (including phenoxy) is 2. The molecule has 0 heterocycles. The first-order valence-corrected chi connectivity index (χ1v) is 8.24. The van der Waals surface area contributed by atoms with E-state index in [1.54, 1.807) is 43.3 Å². The van der Waals surface area contributed by atoms with E-state index >= 15 is 0 Å². The highest BCUT2D eigenvalue weighted by Crippen LogP contribution is 2.37. The zero-order valence-electron chi connectivity index (χ0n) is 14.6. The Morgan fingerprint density at radius 2 is 2.09 bits per heavy atom. The molecule has 0 N–H and O–H groups in total. The standard InChI is InChI=1S/C18H26ClNO3/c1-6-7-10-20(4)17(21)9-8-14-11-15(19)18(23-13(2)3)16(12-14)22-5/h8-9,11-13H,6-7,10H2,1-5H3/b9-8+. The number of likely N-dealkylation sites (N-methyl/N-ethyl adjacent to an activating group) is 1. The third-order valence-electron chi connectivity index (χ3n) is 3.25. The van der Waals surface area contributed by atoms with Crippen LogP contribution in [0.3, 0.4) is 0 Å². The molecule has 0 unspecified atom stereocenters. The van der Waals surface area contributed by atoms with Gasteiger partial charge in [0.25, 0.3) is 0 Å². The van der Waals surface area contributed by atoms with Crippen molar-refractivity contribution in [1.82, 2.24) is 4.90 Å². The molecule has 1 aromatic carbocycles. The van der Waals surface area contributed by atoms with Gasteiger partial charge in [0.15, 0.2) is 11.5 Å². The number of carbonyl (C=O) groups excluding carboxylic acids is 1. The van der Waals surface area contributed by atoms with Crippen molar-refractivity contribution in [2.45, 2.75) is 39.7 Å². The van der Waals surface area contributed by atoms with Crippen LogP contribution >= 0.6 is 11.6 Å². The third kappa shape index (κ3) is 6.14. The average molecular weight is 340 g/mol. The molecular formula is C18H26ClNO3. The molecular weight excluding hydrogens is 314 g/mol. The Morgan fingerprint density at radius 1 is 1.39 bits per heavy atom. The van der Waals surface area contributed by atoms with Gasteiger partial charge in [-0.1, -0.05) is 24.9 Å². The molecule has 23 heavy (non-hydrogen) atoms. The van der Waals surface area contributed by atoms with Crippen LogP contribution in [0.15, 0.2) is 18.2 Å². The molecule has 0 radical (unpaired) electrons. The molecule has 4 nitrogen and oxygen atoms in total. The van der Waals surface area contributed by atoms with Crippen LogP contribution in [0.1, 0.15) is 39.2 Å². The summed E-state index contributed by atoms with van der Waals surface area (Å²) in [6.07, 6.45) is 5.33. The highest BCUT2D eigenvalue weighted by atomic mass is 35.5. The lowest BCUT2D eigenvalue weighted by molar-refractivity contribution is -0.124. The normalized spacial score (nSPS) is 11.1. The highest BCUT2D eigenvalue weighted by molar-refractivity contribution is 6.32. The zero-order chi connectivity index (χ0) is 17.4. The van der Waals surface area contributed by atoms with E-state index in [2.05, 4.69) is 6.92 Å². The van der Waals surface area contributed by atoms with Crippen molar-refractivity contribution in [1.29, 1.82) is 0 Å². The summed E-state index contributed by atoms with van der Waals surface area (Å²) in [7, 11) is 3.37. The smallest absolute Gasteiger partial charge is 0.246 e. The van der Waals surface area contributed by atoms with Crippen LogP contribution in [0.25, 0.3) is 6.08 Å². The Bertz CT molecular complexity index is 555. The summed E-state index contributed by atoms with van der Waals surface area (Å²) in [5.74, 6) is 1.04. The minimum atomic E-state index is -0.0314. The van der Waals surface area contributed by atoms with E-state index in [0.29, 0.717) is 16.5 Å². The number of hydrogen-bond acceptors (Lipinski definition) is 3. The molecule has 0 spiro atoms. The SMILES string of the molecule is CCCCN(C)C(=O)/C=C/c1cc(Cl)c(OC(C)C)c(OC)c1. The van der Waals surface area contributed by atoms with Crippen molar-refractivity contribution in [3.05, 3.63) is 28.8 Å². The minimum absolute atomic E-state index is 0.00316. The lowest BCUT2D eigenvalue weighted by Gasteiger charge is -2.16. The topological polar surface area (TPSA) is 38.8 Å². The molecule has 0 aromatic heterocycles. The van der Waals surface area contributed by atoms with E-state index in [4.69, 9.17) is 21.1 Å². The zero-order valence-corrected chi connectivity index (χ0v) is 15.3. The fraction of sp³-hybridized carbons (Fsp3) is 0.500. The summed E-state index contributed by atoms with van der Waals surface area (Å²) >= 11 is 6.27. The van der Waals surface area contributed by atoms with E-state index in [1.165, 1.54) is 0 Å². The Hall–Kier alpha value is -1.68. The van der Waals surface area contributed by atoms with E-state index in [1.807, 2.05) is 13.8 Å². The summed E-state index contributed by atoms with van der Waals surface area (Å²) in [6, 6.07) is 3.57. The Kier molecular flexibility index (Phi) is 7.96. The van der Waals surface area contributed by atoms with Crippen molar-refractivity contribution in [2.75, 3.05) is 20.7 Å². The van der Waals surface area contributed by atoms with Crippen molar-refractivity contribution >= 4 is 23.6 Å². The maximum absolute atomic E-state index is 12.0. The number of unbranched alkanes of at least 4 members (excludes halogenated alkanes) is 1. The van der Waals surface area contributed by atoms with Crippen molar-refractivity contribution in [3.63, 3.8) is 0 Å².